The summed E-state index contributed by atoms with van der Waals surface area (Å²) in [6.07, 6.45) is 2.59. The summed E-state index contributed by atoms with van der Waals surface area (Å²) in [7, 11) is 0. The lowest BCUT2D eigenvalue weighted by atomic mass is 10.0. The minimum absolute atomic E-state index is 0.00683. The van der Waals surface area contributed by atoms with Gasteiger partial charge in [-0.2, -0.15) is 0 Å². The summed E-state index contributed by atoms with van der Waals surface area (Å²) in [6.45, 7) is 5.30. The molecule has 2 aliphatic rings. The molecule has 0 saturated heterocycles. The number of carboxylic acid groups (broad SMARTS) is 1. The van der Waals surface area contributed by atoms with E-state index in [1.54, 1.807) is 67.6 Å². The number of H-pyrrole nitrogens is 2. The number of fused-ring (bicyclic) bond motifs is 8. The van der Waals surface area contributed by atoms with Crippen LogP contribution in [0.5, 0.6) is 5.75 Å². The molecule has 4 aromatic carbocycles. The number of ether oxygens (including phenoxy) is 1. The zero-order valence-electron chi connectivity index (χ0n) is 35.1. The van der Waals surface area contributed by atoms with Crippen molar-refractivity contribution in [3.8, 4) is 62.3 Å². The van der Waals surface area contributed by atoms with Crippen molar-refractivity contribution in [3.05, 3.63) is 152 Å². The van der Waals surface area contributed by atoms with Crippen LogP contribution in [0.25, 0.3) is 86.7 Å². The summed E-state index contributed by atoms with van der Waals surface area (Å²) >= 11 is 87.3. The van der Waals surface area contributed by atoms with Crippen LogP contribution in [0.15, 0.2) is 72.8 Å². The number of aromatic carboxylic acids is 1. The van der Waals surface area contributed by atoms with Gasteiger partial charge in [-0.15, -0.1) is 0 Å². The van der Waals surface area contributed by atoms with Crippen molar-refractivity contribution >= 4 is 187 Å². The first-order chi connectivity index (χ1) is 32.8. The molecule has 8 bridgehead atoms. The van der Waals surface area contributed by atoms with Gasteiger partial charge in [-0.25, -0.2) is 14.8 Å². The van der Waals surface area contributed by atoms with Crippen molar-refractivity contribution in [3.63, 3.8) is 0 Å². The molecular formula is C50H24Cl12N4O3. The minimum atomic E-state index is -1.16. The number of carbonyl (C=O) groups is 1. The Hall–Kier alpha value is -4.21. The van der Waals surface area contributed by atoms with E-state index in [0.717, 1.165) is 11.1 Å². The summed E-state index contributed by atoms with van der Waals surface area (Å²) in [5, 5.41) is 10.4. The Bertz CT molecular complexity index is 3630. The number of aryl methyl sites for hydroxylation is 2. The largest absolute Gasteiger partial charge is 0.478 e. The highest BCUT2D eigenvalue weighted by molar-refractivity contribution is 6.67. The zero-order valence-corrected chi connectivity index (χ0v) is 44.2. The number of rotatable bonds is 6. The fraction of sp³-hybridized carbons (Fsp3) is 0.0600. The van der Waals surface area contributed by atoms with Gasteiger partial charge in [0.25, 0.3) is 0 Å². The van der Waals surface area contributed by atoms with Crippen LogP contribution in [0.4, 0.5) is 0 Å². The smallest absolute Gasteiger partial charge is 0.335 e. The molecule has 5 heterocycles. The molecule has 3 N–H and O–H groups in total. The quantitative estimate of drug-likeness (QED) is 0.144. The molecule has 9 rings (SSSR count). The van der Waals surface area contributed by atoms with Crippen LogP contribution in [0.2, 0.25) is 40.2 Å². The number of carboxylic acids is 1. The average molecular weight is 1150 g/mol. The van der Waals surface area contributed by atoms with Gasteiger partial charge in [0.15, 0.2) is 0 Å². The van der Waals surface area contributed by atoms with E-state index in [9.17, 15) is 9.90 Å². The molecule has 3 aromatic heterocycles. The van der Waals surface area contributed by atoms with Gasteiger partial charge in [-0.05, 0) is 84.6 Å². The molecule has 7 aromatic rings. The SMILES string of the molecule is CC#COc1ccc(-c2c3nc(c(-c4c(Cl)cc(C)cc4Cl)c4[nH]c(c(Cl)c4Cl)c(-c4ccc(C(=O)O)cc4)c4nc(c(-c5c(Cl)cc(C)cc5Cl)c5[nH]c2c(Cl)c5Cl)C(Cl)=C4Cl)C(Cl)=C3Cl)cc1. The third-order valence-electron chi connectivity index (χ3n) is 11.1. The van der Waals surface area contributed by atoms with Crippen LogP contribution in [-0.4, -0.2) is 31.0 Å². The summed E-state index contributed by atoms with van der Waals surface area (Å²) in [4.78, 5) is 29.2. The summed E-state index contributed by atoms with van der Waals surface area (Å²) < 4.78 is 5.58. The number of benzene rings is 4. The third kappa shape index (κ3) is 8.65. The lowest BCUT2D eigenvalue weighted by Gasteiger charge is -2.12. The van der Waals surface area contributed by atoms with E-state index >= 15 is 0 Å². The normalized spacial score (nSPS) is 12.4. The Kier molecular flexibility index (Phi) is 14.0. The molecule has 0 fully saturated rings. The van der Waals surface area contributed by atoms with Crippen molar-refractivity contribution in [2.75, 3.05) is 0 Å². The van der Waals surface area contributed by atoms with E-state index in [1.165, 1.54) is 12.1 Å². The van der Waals surface area contributed by atoms with Gasteiger partial charge in [0.2, 0.25) is 0 Å². The molecular weight excluding hydrogens is 1130 g/mol. The third-order valence-corrected chi connectivity index (χ3v) is 15.6. The molecule has 69 heavy (non-hydrogen) atoms. The van der Waals surface area contributed by atoms with Crippen LogP contribution in [-0.2, 0) is 0 Å². The van der Waals surface area contributed by atoms with E-state index in [0.29, 0.717) is 22.4 Å². The van der Waals surface area contributed by atoms with E-state index < -0.39 is 5.97 Å². The van der Waals surface area contributed by atoms with Crippen LogP contribution < -0.4 is 4.74 Å². The predicted octanol–water partition coefficient (Wildman–Crippen LogP) is 19.5. The monoisotopic (exact) mass is 1150 g/mol. The molecule has 19 heteroatoms. The highest BCUT2D eigenvalue weighted by Gasteiger charge is 2.33. The maximum atomic E-state index is 12.1. The van der Waals surface area contributed by atoms with Gasteiger partial charge in [-0.3, -0.25) is 0 Å². The van der Waals surface area contributed by atoms with Gasteiger partial charge in [0, 0.05) is 40.3 Å². The number of aromatic nitrogens is 4. The van der Waals surface area contributed by atoms with Gasteiger partial charge in [0.05, 0.1) is 111 Å². The molecule has 7 nitrogen and oxygen atoms in total. The maximum Gasteiger partial charge on any atom is 0.335 e. The molecule has 0 saturated carbocycles. The first-order valence-electron chi connectivity index (χ1n) is 20.0. The second-order valence-electron chi connectivity index (χ2n) is 15.4. The minimum Gasteiger partial charge on any atom is -0.478 e. The van der Waals surface area contributed by atoms with Crippen LogP contribution in [0, 0.1) is 25.9 Å². The fourth-order valence-corrected chi connectivity index (χ4v) is 11.5. The Balaban J connectivity index is 1.62. The van der Waals surface area contributed by atoms with Crippen molar-refractivity contribution in [2.24, 2.45) is 0 Å². The lowest BCUT2D eigenvalue weighted by Crippen LogP contribution is -1.96. The first-order valence-corrected chi connectivity index (χ1v) is 24.5. The Morgan fingerprint density at radius 2 is 0.812 bits per heavy atom. The molecule has 0 atom stereocenters. The van der Waals surface area contributed by atoms with Gasteiger partial charge >= 0.3 is 5.97 Å². The number of hydrogen-bond acceptors (Lipinski definition) is 4. The van der Waals surface area contributed by atoms with Crippen molar-refractivity contribution in [1.29, 1.82) is 0 Å². The molecule has 0 spiro atoms. The number of aromatic amines is 2. The van der Waals surface area contributed by atoms with Gasteiger partial charge < -0.3 is 19.8 Å². The number of nitrogens with zero attached hydrogens (tertiary/aromatic N) is 2. The Morgan fingerprint density at radius 3 is 1.14 bits per heavy atom. The fourth-order valence-electron chi connectivity index (χ4n) is 8.07. The molecule has 2 aliphatic heterocycles. The van der Waals surface area contributed by atoms with Crippen molar-refractivity contribution < 1.29 is 14.6 Å². The van der Waals surface area contributed by atoms with E-state index in [-0.39, 0.29) is 139 Å². The Morgan fingerprint density at radius 1 is 0.493 bits per heavy atom. The maximum absolute atomic E-state index is 12.1. The molecule has 0 radical (unpaired) electrons. The molecule has 0 unspecified atom stereocenters. The predicted molar refractivity (Wildman–Crippen MR) is 290 cm³/mol. The first kappa shape index (κ1) is 49.8. The highest BCUT2D eigenvalue weighted by atomic mass is 35.5. The second-order valence-corrected chi connectivity index (χ2v) is 20.1. The number of halogens is 12. The van der Waals surface area contributed by atoms with E-state index in [2.05, 4.69) is 22.0 Å². The van der Waals surface area contributed by atoms with Crippen molar-refractivity contribution in [1.82, 2.24) is 19.9 Å². The van der Waals surface area contributed by atoms with E-state index in [4.69, 9.17) is 154 Å². The number of nitrogens with one attached hydrogen (secondary N) is 2. The topological polar surface area (TPSA) is 104 Å². The summed E-state index contributed by atoms with van der Waals surface area (Å²) in [6, 6.07) is 19.6. The molecule has 0 aliphatic carbocycles. The molecule has 346 valence electrons. The van der Waals surface area contributed by atoms with Gasteiger partial charge in [0.1, 0.15) is 11.9 Å². The second kappa shape index (κ2) is 19.4. The van der Waals surface area contributed by atoms with Crippen LogP contribution >= 0.6 is 139 Å². The summed E-state index contributed by atoms with van der Waals surface area (Å²) in [5.74, 6) is 1.98. The highest BCUT2D eigenvalue weighted by Crippen LogP contribution is 2.54. The standard InChI is InChI=1S/C50H24Cl12N4O3/c1-4-13-69-23-11-9-21(10-12-23)29-44-36(57)40(61)48(65-44)32(30-24(51)14-18(2)15-25(30)52)46-38(59)34(55)42(63-46)28(20-5-7-22(8-6-20)50(67)68)43-35(56)39(60)47(64-43)33(49-41(62)37(58)45(29)66-49)31-26(53)16-19(3)17-27(31)54/h5-12,14-17,63,66H,1-3H3,(H,67,68). The Labute approximate surface area is 453 Å². The summed E-state index contributed by atoms with van der Waals surface area (Å²) in [5.41, 5.74) is 4.77. The van der Waals surface area contributed by atoms with Crippen LogP contribution in [0.3, 0.4) is 0 Å². The van der Waals surface area contributed by atoms with Crippen LogP contribution in [0.1, 0.15) is 51.2 Å². The number of hydrogen-bond donors (Lipinski definition) is 3. The zero-order chi connectivity index (χ0) is 49.5. The van der Waals surface area contributed by atoms with E-state index in [1.807, 2.05) is 13.8 Å². The lowest BCUT2D eigenvalue weighted by molar-refractivity contribution is 0.0697. The average Bonchev–Trinajstić information content (AvgIpc) is 3.96. The molecule has 0 amide bonds. The van der Waals surface area contributed by atoms with Crippen molar-refractivity contribution in [2.45, 2.75) is 20.8 Å². The van der Waals surface area contributed by atoms with Gasteiger partial charge in [-0.1, -0.05) is 169 Å².